The summed E-state index contributed by atoms with van der Waals surface area (Å²) in [4.78, 5) is 10.6. The summed E-state index contributed by atoms with van der Waals surface area (Å²) in [5.74, 6) is -0.110. The van der Waals surface area contributed by atoms with Gasteiger partial charge >= 0.3 is 0 Å². The summed E-state index contributed by atoms with van der Waals surface area (Å²) in [5, 5.41) is 8.52. The van der Waals surface area contributed by atoms with Crippen LogP contribution in [-0.2, 0) is 4.79 Å². The first-order valence-electron chi connectivity index (χ1n) is 4.95. The molecule has 4 heteroatoms. The Hall–Kier alpha value is -1.89. The van der Waals surface area contributed by atoms with E-state index in [0.29, 0.717) is 25.2 Å². The van der Waals surface area contributed by atoms with Crippen molar-refractivity contribution < 1.29 is 13.9 Å². The van der Waals surface area contributed by atoms with Gasteiger partial charge < -0.3 is 9.53 Å². The Labute approximate surface area is 93.5 Å². The van der Waals surface area contributed by atoms with E-state index in [0.717, 1.165) is 0 Å². The summed E-state index contributed by atoms with van der Waals surface area (Å²) >= 11 is 0. The number of hydrogen-bond acceptors (Lipinski definition) is 3. The number of hydrogen-bond donors (Lipinski definition) is 0. The Kier molecular flexibility index (Phi) is 4.46. The molecule has 1 aromatic rings. The number of nitriles is 1. The fraction of sp³-hybridized carbons (Fsp3) is 0.333. The number of nitrogens with zero attached hydrogens (tertiary/aromatic N) is 1. The molecule has 3 nitrogen and oxygen atoms in total. The van der Waals surface area contributed by atoms with Crippen LogP contribution in [0.25, 0.3) is 0 Å². The van der Waals surface area contributed by atoms with E-state index in [2.05, 4.69) is 0 Å². The SMILES string of the molecule is CC(=O)CCCOc1ccc(C#N)c(F)c1. The monoisotopic (exact) mass is 221 g/mol. The molecule has 0 saturated heterocycles. The molecule has 0 spiro atoms. The molecule has 0 aliphatic rings. The zero-order valence-corrected chi connectivity index (χ0v) is 9.00. The van der Waals surface area contributed by atoms with E-state index in [1.54, 1.807) is 6.07 Å². The number of ketones is 1. The highest BCUT2D eigenvalue weighted by Gasteiger charge is 2.03. The van der Waals surface area contributed by atoms with Gasteiger partial charge in [-0.25, -0.2) is 4.39 Å². The molecule has 16 heavy (non-hydrogen) atoms. The standard InChI is InChI=1S/C12H12FNO2/c1-9(15)3-2-6-16-11-5-4-10(8-14)12(13)7-11/h4-5,7H,2-3,6H2,1H3. The van der Waals surface area contributed by atoms with Crippen molar-refractivity contribution in [2.24, 2.45) is 0 Å². The van der Waals surface area contributed by atoms with Crippen LogP contribution in [0, 0.1) is 17.1 Å². The Bertz CT molecular complexity index is 424. The Balaban J connectivity index is 2.47. The second-order valence-electron chi connectivity index (χ2n) is 3.41. The fourth-order valence-electron chi connectivity index (χ4n) is 1.19. The first-order chi connectivity index (χ1) is 7.63. The highest BCUT2D eigenvalue weighted by atomic mass is 19.1. The summed E-state index contributed by atoms with van der Waals surface area (Å²) in [7, 11) is 0. The van der Waals surface area contributed by atoms with Crippen LogP contribution in [0.15, 0.2) is 18.2 Å². The van der Waals surface area contributed by atoms with Crippen LogP contribution in [0.3, 0.4) is 0 Å². The van der Waals surface area contributed by atoms with E-state index < -0.39 is 5.82 Å². The molecular formula is C12H12FNO2. The van der Waals surface area contributed by atoms with Gasteiger partial charge in [0.05, 0.1) is 12.2 Å². The summed E-state index contributed by atoms with van der Waals surface area (Å²) in [6, 6.07) is 5.81. The van der Waals surface area contributed by atoms with E-state index in [-0.39, 0.29) is 11.3 Å². The number of Topliss-reactive ketones (excluding diaryl/α,β-unsaturated/α-hetero) is 1. The first kappa shape index (κ1) is 12.2. The molecule has 0 radical (unpaired) electrons. The molecule has 0 aliphatic heterocycles. The number of benzene rings is 1. The average Bonchev–Trinajstić information content (AvgIpc) is 2.24. The molecule has 0 unspecified atom stereocenters. The Morgan fingerprint density at radius 2 is 2.31 bits per heavy atom. The van der Waals surface area contributed by atoms with Crippen molar-refractivity contribution in [3.63, 3.8) is 0 Å². The van der Waals surface area contributed by atoms with Gasteiger partial charge in [0.25, 0.3) is 0 Å². The lowest BCUT2D eigenvalue weighted by atomic mass is 10.2. The lowest BCUT2D eigenvalue weighted by Crippen LogP contribution is -2.00. The van der Waals surface area contributed by atoms with Crippen LogP contribution in [0.2, 0.25) is 0 Å². The van der Waals surface area contributed by atoms with Gasteiger partial charge in [-0.15, -0.1) is 0 Å². The second kappa shape index (κ2) is 5.86. The molecule has 0 saturated carbocycles. The lowest BCUT2D eigenvalue weighted by molar-refractivity contribution is -0.117. The summed E-state index contributed by atoms with van der Waals surface area (Å²) in [5.41, 5.74) is -0.00362. The molecule has 0 N–H and O–H groups in total. The molecule has 0 fully saturated rings. The molecule has 1 rings (SSSR count). The van der Waals surface area contributed by atoms with Gasteiger partial charge in [0.2, 0.25) is 0 Å². The lowest BCUT2D eigenvalue weighted by Gasteiger charge is -2.05. The van der Waals surface area contributed by atoms with Crippen molar-refractivity contribution in [2.75, 3.05) is 6.61 Å². The van der Waals surface area contributed by atoms with Crippen LogP contribution in [0.5, 0.6) is 5.75 Å². The van der Waals surface area contributed by atoms with E-state index in [1.165, 1.54) is 25.1 Å². The van der Waals surface area contributed by atoms with Crippen molar-refractivity contribution >= 4 is 5.78 Å². The van der Waals surface area contributed by atoms with E-state index in [4.69, 9.17) is 10.00 Å². The third-order valence-electron chi connectivity index (χ3n) is 2.00. The van der Waals surface area contributed by atoms with Gasteiger partial charge in [-0.3, -0.25) is 0 Å². The van der Waals surface area contributed by atoms with Gasteiger partial charge in [0.1, 0.15) is 23.4 Å². The molecule has 0 atom stereocenters. The molecule has 0 heterocycles. The van der Waals surface area contributed by atoms with Crippen molar-refractivity contribution in [1.29, 1.82) is 5.26 Å². The first-order valence-corrected chi connectivity index (χ1v) is 4.95. The highest BCUT2D eigenvalue weighted by Crippen LogP contribution is 2.16. The molecule has 0 aromatic heterocycles. The Morgan fingerprint density at radius 3 is 2.88 bits per heavy atom. The highest BCUT2D eigenvalue weighted by molar-refractivity contribution is 5.75. The number of carbonyl (C=O) groups is 1. The maximum atomic E-state index is 13.1. The minimum atomic E-state index is -0.591. The topological polar surface area (TPSA) is 50.1 Å². The third-order valence-corrected chi connectivity index (χ3v) is 2.00. The fourth-order valence-corrected chi connectivity index (χ4v) is 1.19. The van der Waals surface area contributed by atoms with Gasteiger partial charge in [-0.05, 0) is 25.5 Å². The predicted octanol–water partition coefficient (Wildman–Crippen LogP) is 2.45. The maximum Gasteiger partial charge on any atom is 0.144 e. The number of carbonyl (C=O) groups excluding carboxylic acids is 1. The molecule has 0 bridgehead atoms. The van der Waals surface area contributed by atoms with Gasteiger partial charge in [0.15, 0.2) is 0 Å². The second-order valence-corrected chi connectivity index (χ2v) is 3.41. The maximum absolute atomic E-state index is 13.1. The predicted molar refractivity (Wildman–Crippen MR) is 56.5 cm³/mol. The minimum Gasteiger partial charge on any atom is -0.493 e. The largest absolute Gasteiger partial charge is 0.493 e. The van der Waals surface area contributed by atoms with Crippen molar-refractivity contribution in [3.05, 3.63) is 29.6 Å². The summed E-state index contributed by atoms with van der Waals surface area (Å²) in [6.45, 7) is 1.88. The minimum absolute atomic E-state index is 0.00362. The molecule has 0 amide bonds. The molecular weight excluding hydrogens is 209 g/mol. The number of rotatable bonds is 5. The zero-order valence-electron chi connectivity index (χ0n) is 9.00. The van der Waals surface area contributed by atoms with Gasteiger partial charge in [-0.1, -0.05) is 0 Å². The number of ether oxygens (including phenoxy) is 1. The van der Waals surface area contributed by atoms with Crippen LogP contribution < -0.4 is 4.74 Å². The summed E-state index contributed by atoms with van der Waals surface area (Å²) in [6.07, 6.45) is 1.07. The molecule has 0 aliphatic carbocycles. The van der Waals surface area contributed by atoms with Crippen LogP contribution in [0.4, 0.5) is 4.39 Å². The summed E-state index contributed by atoms with van der Waals surface area (Å²) < 4.78 is 18.4. The van der Waals surface area contributed by atoms with Crippen LogP contribution in [-0.4, -0.2) is 12.4 Å². The van der Waals surface area contributed by atoms with Crippen molar-refractivity contribution in [3.8, 4) is 11.8 Å². The van der Waals surface area contributed by atoms with Crippen LogP contribution in [0.1, 0.15) is 25.3 Å². The average molecular weight is 221 g/mol. The van der Waals surface area contributed by atoms with Crippen LogP contribution >= 0.6 is 0 Å². The smallest absolute Gasteiger partial charge is 0.144 e. The molecule has 84 valence electrons. The van der Waals surface area contributed by atoms with Gasteiger partial charge in [-0.2, -0.15) is 5.26 Å². The van der Waals surface area contributed by atoms with Gasteiger partial charge in [0, 0.05) is 12.5 Å². The Morgan fingerprint density at radius 1 is 1.56 bits per heavy atom. The molecule has 1 aromatic carbocycles. The number of halogens is 1. The zero-order chi connectivity index (χ0) is 12.0. The van der Waals surface area contributed by atoms with Crippen molar-refractivity contribution in [2.45, 2.75) is 19.8 Å². The quantitative estimate of drug-likeness (QED) is 0.717. The van der Waals surface area contributed by atoms with E-state index in [9.17, 15) is 9.18 Å². The normalized spacial score (nSPS) is 9.56. The third kappa shape index (κ3) is 3.70. The van der Waals surface area contributed by atoms with Crippen molar-refractivity contribution in [1.82, 2.24) is 0 Å². The van der Waals surface area contributed by atoms with E-state index in [1.807, 2.05) is 0 Å². The van der Waals surface area contributed by atoms with E-state index >= 15 is 0 Å².